The summed E-state index contributed by atoms with van der Waals surface area (Å²) in [7, 11) is 1.59. The Hall–Kier alpha value is -2.58. The largest absolute Gasteiger partial charge is 0.382 e. The Morgan fingerprint density at radius 1 is 1.10 bits per heavy atom. The first kappa shape index (κ1) is 21.1. The van der Waals surface area contributed by atoms with Crippen LogP contribution in [-0.2, 0) is 14.3 Å². The summed E-state index contributed by atoms with van der Waals surface area (Å²) in [5.41, 5.74) is 3.90. The van der Waals surface area contributed by atoms with Crippen LogP contribution in [-0.4, -0.2) is 72.7 Å². The lowest BCUT2D eigenvalue weighted by molar-refractivity contribution is -0.127. The van der Waals surface area contributed by atoms with Crippen LogP contribution in [0.2, 0.25) is 0 Å². The molecule has 1 aliphatic rings. The molecule has 0 bridgehead atoms. The molecule has 2 amide bonds. The van der Waals surface area contributed by atoms with Gasteiger partial charge in [0.2, 0.25) is 5.91 Å². The fourth-order valence-electron chi connectivity index (χ4n) is 3.35. The maximum Gasteiger partial charge on any atom is 0.253 e. The second-order valence-corrected chi connectivity index (χ2v) is 7.28. The number of piperidine rings is 1. The lowest BCUT2D eigenvalue weighted by Crippen LogP contribution is -2.47. The minimum Gasteiger partial charge on any atom is -0.382 e. The van der Waals surface area contributed by atoms with Crippen molar-refractivity contribution in [2.75, 3.05) is 40.0 Å². The predicted octanol–water partition coefficient (Wildman–Crippen LogP) is 1.63. The van der Waals surface area contributed by atoms with Crippen LogP contribution in [0, 0.1) is 13.8 Å². The van der Waals surface area contributed by atoms with E-state index in [-0.39, 0.29) is 24.5 Å². The minimum absolute atomic E-state index is 0.0143. The Balaban J connectivity index is 1.53. The molecule has 2 aromatic rings. The third-order valence-corrected chi connectivity index (χ3v) is 5.13. The SMILES string of the molecule is COCCOCC(=O)NC1CCN(C(=O)c2ccc3nc(C)c(C)nc3c2)CC1. The van der Waals surface area contributed by atoms with Gasteiger partial charge in [0.15, 0.2) is 0 Å². The molecule has 29 heavy (non-hydrogen) atoms. The van der Waals surface area contributed by atoms with E-state index in [2.05, 4.69) is 15.3 Å². The summed E-state index contributed by atoms with van der Waals surface area (Å²) in [6.07, 6.45) is 1.45. The highest BCUT2D eigenvalue weighted by molar-refractivity contribution is 5.97. The molecule has 1 N–H and O–H groups in total. The number of hydrogen-bond donors (Lipinski definition) is 1. The molecule has 2 heterocycles. The highest BCUT2D eigenvalue weighted by Gasteiger charge is 2.25. The van der Waals surface area contributed by atoms with E-state index in [9.17, 15) is 9.59 Å². The Bertz CT molecular complexity index is 878. The van der Waals surface area contributed by atoms with E-state index >= 15 is 0 Å². The van der Waals surface area contributed by atoms with Crippen LogP contribution in [0.1, 0.15) is 34.6 Å². The van der Waals surface area contributed by atoms with Crippen LogP contribution in [0.3, 0.4) is 0 Å². The van der Waals surface area contributed by atoms with E-state index in [4.69, 9.17) is 9.47 Å². The van der Waals surface area contributed by atoms with Gasteiger partial charge in [-0.2, -0.15) is 0 Å². The van der Waals surface area contributed by atoms with Gasteiger partial charge in [0.1, 0.15) is 6.61 Å². The van der Waals surface area contributed by atoms with E-state index < -0.39 is 0 Å². The third-order valence-electron chi connectivity index (χ3n) is 5.13. The molecule has 1 aromatic carbocycles. The summed E-state index contributed by atoms with van der Waals surface area (Å²) < 4.78 is 10.1. The number of amides is 2. The molecule has 1 fully saturated rings. The maximum absolute atomic E-state index is 12.9. The second kappa shape index (κ2) is 9.76. The Morgan fingerprint density at radius 2 is 1.79 bits per heavy atom. The molecule has 0 unspecified atom stereocenters. The van der Waals surface area contributed by atoms with Gasteiger partial charge >= 0.3 is 0 Å². The van der Waals surface area contributed by atoms with E-state index in [1.807, 2.05) is 30.9 Å². The lowest BCUT2D eigenvalue weighted by Gasteiger charge is -2.32. The number of rotatable bonds is 7. The van der Waals surface area contributed by atoms with Gasteiger partial charge in [-0.25, -0.2) is 9.97 Å². The average molecular weight is 400 g/mol. The molecule has 8 heteroatoms. The Morgan fingerprint density at radius 3 is 2.48 bits per heavy atom. The number of carbonyl (C=O) groups is 2. The first-order valence-corrected chi connectivity index (χ1v) is 9.88. The van der Waals surface area contributed by atoms with Crippen molar-refractivity contribution in [3.8, 4) is 0 Å². The first-order chi connectivity index (χ1) is 14.0. The molecule has 0 saturated carbocycles. The number of aromatic nitrogens is 2. The standard InChI is InChI=1S/C21H28N4O4/c1-14-15(2)23-19-12-16(4-5-18(19)22-14)21(27)25-8-6-17(7-9-25)24-20(26)13-29-11-10-28-3/h4-5,12,17H,6-11,13H2,1-3H3,(H,24,26). The normalized spacial score (nSPS) is 14.9. The molecule has 3 rings (SSSR count). The summed E-state index contributed by atoms with van der Waals surface area (Å²) >= 11 is 0. The van der Waals surface area contributed by atoms with Crippen molar-refractivity contribution in [1.29, 1.82) is 0 Å². The quantitative estimate of drug-likeness (QED) is 0.710. The molecule has 0 aliphatic carbocycles. The zero-order chi connectivity index (χ0) is 20.8. The third kappa shape index (κ3) is 5.48. The number of nitrogens with zero attached hydrogens (tertiary/aromatic N) is 3. The van der Waals surface area contributed by atoms with Crippen LogP contribution in [0.4, 0.5) is 0 Å². The van der Waals surface area contributed by atoms with E-state index in [0.717, 1.165) is 35.3 Å². The molecule has 1 aliphatic heterocycles. The highest BCUT2D eigenvalue weighted by atomic mass is 16.5. The molecule has 0 spiro atoms. The molecular formula is C21H28N4O4. The van der Waals surface area contributed by atoms with Crippen LogP contribution in [0.25, 0.3) is 11.0 Å². The van der Waals surface area contributed by atoms with E-state index in [0.29, 0.717) is 31.9 Å². The molecular weight excluding hydrogens is 372 g/mol. The lowest BCUT2D eigenvalue weighted by atomic mass is 10.0. The molecule has 0 radical (unpaired) electrons. The average Bonchev–Trinajstić information content (AvgIpc) is 2.72. The summed E-state index contributed by atoms with van der Waals surface area (Å²) in [5.74, 6) is -0.149. The molecule has 156 valence electrons. The Kier molecular flexibility index (Phi) is 7.11. The van der Waals surface area contributed by atoms with Crippen molar-refractivity contribution >= 4 is 22.8 Å². The Labute approximate surface area is 170 Å². The topological polar surface area (TPSA) is 93.7 Å². The molecule has 0 atom stereocenters. The summed E-state index contributed by atoms with van der Waals surface area (Å²) in [6.45, 7) is 5.93. The summed E-state index contributed by atoms with van der Waals surface area (Å²) in [5, 5.41) is 2.97. The van der Waals surface area contributed by atoms with Crippen LogP contribution in [0.5, 0.6) is 0 Å². The summed E-state index contributed by atoms with van der Waals surface area (Å²) in [4.78, 5) is 35.7. The van der Waals surface area contributed by atoms with E-state index in [1.54, 1.807) is 13.2 Å². The maximum atomic E-state index is 12.9. The number of fused-ring (bicyclic) bond motifs is 1. The molecule has 8 nitrogen and oxygen atoms in total. The number of hydrogen-bond acceptors (Lipinski definition) is 6. The van der Waals surface area contributed by atoms with Crippen molar-refractivity contribution < 1.29 is 19.1 Å². The zero-order valence-corrected chi connectivity index (χ0v) is 17.2. The fraction of sp³-hybridized carbons (Fsp3) is 0.524. The second-order valence-electron chi connectivity index (χ2n) is 7.28. The van der Waals surface area contributed by atoms with Crippen molar-refractivity contribution in [1.82, 2.24) is 20.2 Å². The molecule has 1 saturated heterocycles. The van der Waals surface area contributed by atoms with Gasteiger partial charge in [0.25, 0.3) is 5.91 Å². The van der Waals surface area contributed by atoms with Crippen LogP contribution < -0.4 is 5.32 Å². The molecule has 1 aromatic heterocycles. The van der Waals surface area contributed by atoms with Crippen molar-refractivity contribution in [3.63, 3.8) is 0 Å². The van der Waals surface area contributed by atoms with Crippen molar-refractivity contribution in [2.45, 2.75) is 32.7 Å². The van der Waals surface area contributed by atoms with Crippen molar-refractivity contribution in [3.05, 3.63) is 35.2 Å². The first-order valence-electron chi connectivity index (χ1n) is 9.88. The monoisotopic (exact) mass is 400 g/mol. The number of carbonyl (C=O) groups excluding carboxylic acids is 2. The number of nitrogens with one attached hydrogen (secondary N) is 1. The van der Waals surface area contributed by atoms with Gasteiger partial charge in [0.05, 0.1) is 35.6 Å². The fourth-order valence-corrected chi connectivity index (χ4v) is 3.35. The number of aryl methyl sites for hydroxylation is 2. The van der Waals surface area contributed by atoms with Gasteiger partial charge in [-0.1, -0.05) is 0 Å². The minimum atomic E-state index is -0.135. The highest BCUT2D eigenvalue weighted by Crippen LogP contribution is 2.18. The van der Waals surface area contributed by atoms with Crippen molar-refractivity contribution in [2.24, 2.45) is 0 Å². The number of likely N-dealkylation sites (tertiary alicyclic amines) is 1. The zero-order valence-electron chi connectivity index (χ0n) is 17.2. The summed E-state index contributed by atoms with van der Waals surface area (Å²) in [6, 6.07) is 5.52. The van der Waals surface area contributed by atoms with Gasteiger partial charge in [-0.05, 0) is 44.9 Å². The van der Waals surface area contributed by atoms with Crippen LogP contribution in [0.15, 0.2) is 18.2 Å². The van der Waals surface area contributed by atoms with Gasteiger partial charge < -0.3 is 19.7 Å². The smallest absolute Gasteiger partial charge is 0.253 e. The van der Waals surface area contributed by atoms with Gasteiger partial charge in [0, 0.05) is 31.8 Å². The van der Waals surface area contributed by atoms with E-state index in [1.165, 1.54) is 0 Å². The van der Waals surface area contributed by atoms with Crippen LogP contribution >= 0.6 is 0 Å². The number of benzene rings is 1. The van der Waals surface area contributed by atoms with Gasteiger partial charge in [-0.3, -0.25) is 9.59 Å². The predicted molar refractivity (Wildman–Crippen MR) is 109 cm³/mol. The number of methoxy groups -OCH3 is 1. The van der Waals surface area contributed by atoms with Gasteiger partial charge in [-0.15, -0.1) is 0 Å². The number of ether oxygens (including phenoxy) is 2.